The Balaban J connectivity index is 2.46. The van der Waals surface area contributed by atoms with Crippen molar-refractivity contribution < 1.29 is 8.42 Å². The maximum absolute atomic E-state index is 12.2. The Kier molecular flexibility index (Phi) is 3.07. The van der Waals surface area contributed by atoms with Crippen LogP contribution in [0.1, 0.15) is 5.69 Å². The number of nitrogens with one attached hydrogen (secondary N) is 1. The van der Waals surface area contributed by atoms with Crippen LogP contribution in [0.2, 0.25) is 5.15 Å². The highest BCUT2D eigenvalue weighted by Crippen LogP contribution is 2.25. The second kappa shape index (κ2) is 4.29. The molecule has 0 atom stereocenters. The molecule has 9 heteroatoms. The summed E-state index contributed by atoms with van der Waals surface area (Å²) in [4.78, 5) is -0.0205. The second-order valence-electron chi connectivity index (χ2n) is 3.77. The van der Waals surface area contributed by atoms with E-state index in [1.165, 1.54) is 15.6 Å². The monoisotopic (exact) mass is 289 g/mol. The smallest absolute Gasteiger partial charge is 0.263 e. The van der Waals surface area contributed by atoms with Gasteiger partial charge in [-0.15, -0.1) is 0 Å². The maximum atomic E-state index is 12.2. The molecule has 0 radical (unpaired) electrons. The van der Waals surface area contributed by atoms with Crippen LogP contribution in [-0.2, 0) is 24.1 Å². The van der Waals surface area contributed by atoms with Gasteiger partial charge < -0.3 is 0 Å². The van der Waals surface area contributed by atoms with Crippen molar-refractivity contribution in [1.82, 2.24) is 19.6 Å². The molecule has 0 amide bonds. The number of aromatic nitrogens is 4. The Morgan fingerprint density at radius 3 is 2.44 bits per heavy atom. The van der Waals surface area contributed by atoms with Gasteiger partial charge in [0.1, 0.15) is 15.9 Å². The molecule has 0 aromatic carbocycles. The zero-order valence-electron chi connectivity index (χ0n) is 10.0. The minimum atomic E-state index is -3.77. The van der Waals surface area contributed by atoms with E-state index in [1.54, 1.807) is 27.1 Å². The number of hydrogen-bond acceptors (Lipinski definition) is 4. The van der Waals surface area contributed by atoms with Crippen molar-refractivity contribution in [2.75, 3.05) is 4.72 Å². The Hall–Kier alpha value is -1.54. The fourth-order valence-electron chi connectivity index (χ4n) is 1.58. The molecule has 0 fully saturated rings. The van der Waals surface area contributed by atoms with Gasteiger partial charge in [0.2, 0.25) is 0 Å². The molecule has 0 unspecified atom stereocenters. The van der Waals surface area contributed by atoms with Crippen LogP contribution in [-0.4, -0.2) is 28.0 Å². The van der Waals surface area contributed by atoms with Crippen molar-refractivity contribution in [3.05, 3.63) is 23.1 Å². The SMILES string of the molecule is Cc1nn(C)c(Cl)c1S(=O)(=O)Nc1ccnn1C. The highest BCUT2D eigenvalue weighted by atomic mass is 35.5. The first-order chi connectivity index (χ1) is 8.33. The summed E-state index contributed by atoms with van der Waals surface area (Å²) in [5.41, 5.74) is 0.345. The van der Waals surface area contributed by atoms with Crippen LogP contribution >= 0.6 is 11.6 Å². The molecule has 2 aromatic rings. The second-order valence-corrected chi connectivity index (χ2v) is 5.75. The van der Waals surface area contributed by atoms with E-state index in [1.807, 2.05) is 0 Å². The van der Waals surface area contributed by atoms with Crippen molar-refractivity contribution in [2.24, 2.45) is 14.1 Å². The Labute approximate surface area is 109 Å². The number of sulfonamides is 1. The van der Waals surface area contributed by atoms with Crippen molar-refractivity contribution in [2.45, 2.75) is 11.8 Å². The molecular formula is C9H12ClN5O2S. The van der Waals surface area contributed by atoms with Gasteiger partial charge in [0.05, 0.1) is 11.9 Å². The van der Waals surface area contributed by atoms with Gasteiger partial charge in [-0.05, 0) is 6.92 Å². The third-order valence-corrected chi connectivity index (χ3v) is 4.48. The van der Waals surface area contributed by atoms with Crippen molar-refractivity contribution in [1.29, 1.82) is 0 Å². The summed E-state index contributed by atoms with van der Waals surface area (Å²) >= 11 is 5.94. The molecule has 0 aliphatic heterocycles. The molecule has 98 valence electrons. The van der Waals surface area contributed by atoms with Gasteiger partial charge in [-0.1, -0.05) is 11.6 Å². The van der Waals surface area contributed by atoms with Gasteiger partial charge >= 0.3 is 0 Å². The molecule has 1 N–H and O–H groups in total. The lowest BCUT2D eigenvalue weighted by atomic mass is 10.5. The van der Waals surface area contributed by atoms with Crippen LogP contribution in [0, 0.1) is 6.92 Å². The van der Waals surface area contributed by atoms with Gasteiger partial charge in [-0.3, -0.25) is 14.1 Å². The van der Waals surface area contributed by atoms with Crippen LogP contribution in [0.25, 0.3) is 0 Å². The Bertz CT molecular complexity index is 688. The first-order valence-electron chi connectivity index (χ1n) is 5.03. The van der Waals surface area contributed by atoms with Crippen molar-refractivity contribution in [3.8, 4) is 0 Å². The predicted octanol–water partition coefficient (Wildman–Crippen LogP) is 0.916. The minimum absolute atomic E-state index is 0.0205. The maximum Gasteiger partial charge on any atom is 0.267 e. The summed E-state index contributed by atoms with van der Waals surface area (Å²) < 4.78 is 29.6. The van der Waals surface area contributed by atoms with E-state index >= 15 is 0 Å². The van der Waals surface area contributed by atoms with E-state index < -0.39 is 10.0 Å². The number of aryl methyl sites for hydroxylation is 3. The first kappa shape index (κ1) is 12.9. The van der Waals surface area contributed by atoms with E-state index in [0.29, 0.717) is 11.5 Å². The standard InChI is InChI=1S/C9H12ClN5O2S/c1-6-8(9(10)15(3)12-6)18(16,17)13-7-4-5-11-14(7)2/h4-5,13H,1-3H3. The summed E-state index contributed by atoms with van der Waals surface area (Å²) in [6.45, 7) is 1.59. The lowest BCUT2D eigenvalue weighted by Crippen LogP contribution is -2.16. The molecule has 0 bridgehead atoms. The highest BCUT2D eigenvalue weighted by molar-refractivity contribution is 7.92. The largest absolute Gasteiger partial charge is 0.267 e. The van der Waals surface area contributed by atoms with Crippen LogP contribution in [0.3, 0.4) is 0 Å². The molecule has 7 nitrogen and oxygen atoms in total. The molecule has 18 heavy (non-hydrogen) atoms. The van der Waals surface area contributed by atoms with Crippen LogP contribution in [0.4, 0.5) is 5.82 Å². The molecule has 2 aromatic heterocycles. The first-order valence-corrected chi connectivity index (χ1v) is 6.89. The van der Waals surface area contributed by atoms with E-state index in [4.69, 9.17) is 11.6 Å². The summed E-state index contributed by atoms with van der Waals surface area (Å²) in [5.74, 6) is 0.356. The molecular weight excluding hydrogens is 278 g/mol. The van der Waals surface area contributed by atoms with Gasteiger partial charge in [-0.2, -0.15) is 10.2 Å². The summed E-state index contributed by atoms with van der Waals surface area (Å²) in [6, 6.07) is 1.55. The molecule has 0 saturated carbocycles. The summed E-state index contributed by atoms with van der Waals surface area (Å²) in [7, 11) is -0.556. The Morgan fingerprint density at radius 1 is 1.33 bits per heavy atom. The van der Waals surface area contributed by atoms with Gasteiger partial charge in [0.25, 0.3) is 10.0 Å². The fraction of sp³-hybridized carbons (Fsp3) is 0.333. The van der Waals surface area contributed by atoms with Crippen LogP contribution in [0.15, 0.2) is 17.2 Å². The van der Waals surface area contributed by atoms with E-state index in [2.05, 4.69) is 14.9 Å². The molecule has 0 aliphatic rings. The molecule has 0 saturated heterocycles. The topological polar surface area (TPSA) is 81.8 Å². The number of anilines is 1. The number of hydrogen-bond donors (Lipinski definition) is 1. The number of rotatable bonds is 3. The van der Waals surface area contributed by atoms with Gasteiger partial charge in [0, 0.05) is 20.2 Å². The molecule has 2 rings (SSSR count). The zero-order valence-corrected chi connectivity index (χ0v) is 11.6. The molecule has 0 aliphatic carbocycles. The minimum Gasteiger partial charge on any atom is -0.263 e. The summed E-state index contributed by atoms with van der Waals surface area (Å²) in [6.07, 6.45) is 1.50. The summed E-state index contributed by atoms with van der Waals surface area (Å²) in [5, 5.41) is 7.92. The number of nitrogens with zero attached hydrogens (tertiary/aromatic N) is 4. The lowest BCUT2D eigenvalue weighted by Gasteiger charge is -2.07. The average Bonchev–Trinajstić information content (AvgIpc) is 2.73. The van der Waals surface area contributed by atoms with Crippen molar-refractivity contribution >= 4 is 27.4 Å². The lowest BCUT2D eigenvalue weighted by molar-refractivity contribution is 0.599. The zero-order chi connectivity index (χ0) is 13.5. The van der Waals surface area contributed by atoms with E-state index in [-0.39, 0.29) is 10.0 Å². The quantitative estimate of drug-likeness (QED) is 0.911. The van der Waals surface area contributed by atoms with Gasteiger partial charge in [-0.25, -0.2) is 8.42 Å². The third kappa shape index (κ3) is 2.08. The molecule has 0 spiro atoms. The van der Waals surface area contributed by atoms with Crippen molar-refractivity contribution in [3.63, 3.8) is 0 Å². The van der Waals surface area contributed by atoms with E-state index in [9.17, 15) is 8.42 Å². The van der Waals surface area contributed by atoms with E-state index in [0.717, 1.165) is 0 Å². The van der Waals surface area contributed by atoms with Gasteiger partial charge in [0.15, 0.2) is 0 Å². The highest BCUT2D eigenvalue weighted by Gasteiger charge is 2.25. The fourth-order valence-corrected chi connectivity index (χ4v) is 3.42. The van der Waals surface area contributed by atoms with Crippen LogP contribution in [0.5, 0.6) is 0 Å². The third-order valence-electron chi connectivity index (χ3n) is 2.43. The van der Waals surface area contributed by atoms with Crippen LogP contribution < -0.4 is 4.72 Å². The number of halogens is 1. The molecule has 2 heterocycles. The Morgan fingerprint density at radius 2 is 2.00 bits per heavy atom. The normalized spacial score (nSPS) is 11.8. The predicted molar refractivity (Wildman–Crippen MR) is 67.0 cm³/mol. The average molecular weight is 290 g/mol.